The summed E-state index contributed by atoms with van der Waals surface area (Å²) in [5, 5.41) is 18.7. The fourth-order valence-corrected chi connectivity index (χ4v) is 4.44. The van der Waals surface area contributed by atoms with Gasteiger partial charge in [-0.15, -0.1) is 0 Å². The van der Waals surface area contributed by atoms with Crippen LogP contribution in [0.5, 0.6) is 0 Å². The Labute approximate surface area is 161 Å². The molecule has 2 N–H and O–H groups in total. The van der Waals surface area contributed by atoms with E-state index in [0.717, 1.165) is 11.3 Å². The summed E-state index contributed by atoms with van der Waals surface area (Å²) < 4.78 is 27.7. The van der Waals surface area contributed by atoms with E-state index in [2.05, 4.69) is 4.98 Å². The maximum Gasteiger partial charge on any atom is 0.228 e. The van der Waals surface area contributed by atoms with Crippen molar-refractivity contribution in [2.75, 3.05) is 20.2 Å². The summed E-state index contributed by atoms with van der Waals surface area (Å²) >= 11 is 0. The molecule has 0 unspecified atom stereocenters. The Morgan fingerprint density at radius 2 is 1.89 bits per heavy atom. The summed E-state index contributed by atoms with van der Waals surface area (Å²) in [6.45, 7) is 4.99. The van der Waals surface area contributed by atoms with Crippen LogP contribution in [0.3, 0.4) is 0 Å². The minimum absolute atomic E-state index is 0.0751. The fourth-order valence-electron chi connectivity index (χ4n) is 2.94. The zero-order chi connectivity index (χ0) is 20.0. The third-order valence-corrected chi connectivity index (χ3v) is 5.69. The van der Waals surface area contributed by atoms with Gasteiger partial charge in [0.1, 0.15) is 0 Å². The molecule has 2 rings (SSSR count). The van der Waals surface area contributed by atoms with Crippen LogP contribution in [-0.2, 0) is 28.7 Å². The summed E-state index contributed by atoms with van der Waals surface area (Å²) in [5.41, 5.74) is 1.49. The van der Waals surface area contributed by atoms with E-state index < -0.39 is 15.9 Å². The van der Waals surface area contributed by atoms with Crippen molar-refractivity contribution >= 4 is 9.84 Å². The van der Waals surface area contributed by atoms with E-state index in [1.165, 1.54) is 0 Å². The molecular formula is C19H29N3O4S. The minimum Gasteiger partial charge on any atom is -0.394 e. The van der Waals surface area contributed by atoms with Crippen molar-refractivity contribution in [2.24, 2.45) is 5.92 Å². The highest BCUT2D eigenvalue weighted by molar-refractivity contribution is 7.90. The number of aliphatic hydroxyl groups excluding tert-OH is 2. The van der Waals surface area contributed by atoms with Gasteiger partial charge in [0.25, 0.3) is 0 Å². The molecule has 7 nitrogen and oxygen atoms in total. The standard InChI is InChI=1S/C19H29N3O4S/c1-15(2)10-22-17(11-21(3)12-18(24)13-23)9-20-19(22)27(25,26)14-16-7-5-4-6-8-16/h4-9,15,18,23-24H,10-14H2,1-3H3/t18-/m0/s1. The summed E-state index contributed by atoms with van der Waals surface area (Å²) in [6.07, 6.45) is 0.750. The van der Waals surface area contributed by atoms with Crippen molar-refractivity contribution in [1.82, 2.24) is 14.5 Å². The van der Waals surface area contributed by atoms with E-state index in [9.17, 15) is 13.5 Å². The van der Waals surface area contributed by atoms with Crippen LogP contribution in [0.25, 0.3) is 0 Å². The Bertz CT molecular complexity index is 819. The molecular weight excluding hydrogens is 366 g/mol. The highest BCUT2D eigenvalue weighted by Gasteiger charge is 2.25. The van der Waals surface area contributed by atoms with E-state index in [-0.39, 0.29) is 30.0 Å². The number of hydrogen-bond donors (Lipinski definition) is 2. The normalized spacial score (nSPS) is 13.4. The van der Waals surface area contributed by atoms with Crippen molar-refractivity contribution in [1.29, 1.82) is 0 Å². The predicted molar refractivity (Wildman–Crippen MR) is 104 cm³/mol. The second-order valence-corrected chi connectivity index (χ2v) is 9.20. The van der Waals surface area contributed by atoms with Gasteiger partial charge in [-0.05, 0) is 18.5 Å². The number of sulfone groups is 1. The molecule has 0 spiro atoms. The highest BCUT2D eigenvalue weighted by atomic mass is 32.2. The number of rotatable bonds is 10. The summed E-state index contributed by atoms with van der Waals surface area (Å²) in [5.74, 6) is 0.151. The first-order chi connectivity index (χ1) is 12.7. The Hall–Kier alpha value is -1.74. The molecule has 2 aromatic rings. The highest BCUT2D eigenvalue weighted by Crippen LogP contribution is 2.20. The third-order valence-electron chi connectivity index (χ3n) is 4.09. The lowest BCUT2D eigenvalue weighted by Crippen LogP contribution is -2.32. The molecule has 0 saturated carbocycles. The summed E-state index contributed by atoms with van der Waals surface area (Å²) in [6, 6.07) is 9.07. The Morgan fingerprint density at radius 3 is 2.48 bits per heavy atom. The monoisotopic (exact) mass is 395 g/mol. The van der Waals surface area contributed by atoms with Crippen LogP contribution in [-0.4, -0.2) is 59.4 Å². The quantitative estimate of drug-likeness (QED) is 0.630. The maximum atomic E-state index is 13.0. The predicted octanol–water partition coefficient (Wildman–Crippen LogP) is 1.30. The van der Waals surface area contributed by atoms with Gasteiger partial charge in [-0.3, -0.25) is 4.90 Å². The van der Waals surface area contributed by atoms with Crippen molar-refractivity contribution in [2.45, 2.75) is 44.0 Å². The zero-order valence-electron chi connectivity index (χ0n) is 16.1. The topological polar surface area (TPSA) is 95.7 Å². The molecule has 0 fully saturated rings. The van der Waals surface area contributed by atoms with Crippen molar-refractivity contribution in [3.05, 3.63) is 47.8 Å². The Kier molecular flexibility index (Phi) is 7.55. The van der Waals surface area contributed by atoms with E-state index in [4.69, 9.17) is 5.11 Å². The zero-order valence-corrected chi connectivity index (χ0v) is 16.9. The average molecular weight is 396 g/mol. The van der Waals surface area contributed by atoms with Gasteiger partial charge in [0.05, 0.1) is 30.4 Å². The van der Waals surface area contributed by atoms with E-state index in [0.29, 0.717) is 13.1 Å². The first-order valence-corrected chi connectivity index (χ1v) is 10.7. The number of imidazole rings is 1. The van der Waals surface area contributed by atoms with Crippen LogP contribution >= 0.6 is 0 Å². The SMILES string of the molecule is CC(C)Cn1c(CN(C)C[C@H](O)CO)cnc1S(=O)(=O)Cc1ccccc1. The number of aromatic nitrogens is 2. The first-order valence-electron chi connectivity index (χ1n) is 9.01. The average Bonchev–Trinajstić information content (AvgIpc) is 2.97. The van der Waals surface area contributed by atoms with Crippen molar-refractivity contribution in [3.63, 3.8) is 0 Å². The van der Waals surface area contributed by atoms with E-state index in [1.54, 1.807) is 22.9 Å². The van der Waals surface area contributed by atoms with Gasteiger partial charge >= 0.3 is 0 Å². The number of nitrogens with zero attached hydrogens (tertiary/aromatic N) is 3. The molecule has 8 heteroatoms. The lowest BCUT2D eigenvalue weighted by Gasteiger charge is -2.21. The minimum atomic E-state index is -3.59. The van der Waals surface area contributed by atoms with Crippen LogP contribution in [0, 0.1) is 5.92 Å². The lowest BCUT2D eigenvalue weighted by atomic mass is 10.2. The first kappa shape index (κ1) is 21.6. The molecule has 0 aliphatic heterocycles. The number of likely N-dealkylation sites (N-methyl/N-ethyl adjacent to an activating group) is 1. The van der Waals surface area contributed by atoms with Gasteiger partial charge in [-0.25, -0.2) is 13.4 Å². The molecule has 27 heavy (non-hydrogen) atoms. The molecule has 0 saturated heterocycles. The molecule has 0 aliphatic rings. The van der Waals surface area contributed by atoms with Crippen LogP contribution in [0.15, 0.2) is 41.7 Å². The van der Waals surface area contributed by atoms with E-state index >= 15 is 0 Å². The molecule has 0 bridgehead atoms. The van der Waals surface area contributed by atoms with Gasteiger partial charge in [0, 0.05) is 19.6 Å². The number of benzene rings is 1. The molecule has 0 amide bonds. The molecule has 0 radical (unpaired) electrons. The van der Waals surface area contributed by atoms with E-state index in [1.807, 2.05) is 44.0 Å². The van der Waals surface area contributed by atoms with Crippen LogP contribution in [0.2, 0.25) is 0 Å². The summed E-state index contributed by atoms with van der Waals surface area (Å²) in [4.78, 5) is 6.06. The molecule has 1 atom stereocenters. The van der Waals surface area contributed by atoms with Gasteiger partial charge in [-0.2, -0.15) is 0 Å². The molecule has 150 valence electrons. The largest absolute Gasteiger partial charge is 0.394 e. The maximum absolute atomic E-state index is 13.0. The molecule has 1 heterocycles. The van der Waals surface area contributed by atoms with Crippen LogP contribution < -0.4 is 0 Å². The third kappa shape index (κ3) is 6.14. The number of hydrogen-bond acceptors (Lipinski definition) is 6. The molecule has 1 aromatic heterocycles. The summed E-state index contributed by atoms with van der Waals surface area (Å²) in [7, 11) is -1.78. The molecule has 1 aromatic carbocycles. The van der Waals surface area contributed by atoms with Crippen LogP contribution in [0.1, 0.15) is 25.1 Å². The smallest absolute Gasteiger partial charge is 0.228 e. The van der Waals surface area contributed by atoms with Crippen molar-refractivity contribution in [3.8, 4) is 0 Å². The van der Waals surface area contributed by atoms with Gasteiger partial charge in [0.15, 0.2) is 0 Å². The second kappa shape index (κ2) is 9.45. The van der Waals surface area contributed by atoms with Gasteiger partial charge in [-0.1, -0.05) is 44.2 Å². The Balaban J connectivity index is 2.29. The van der Waals surface area contributed by atoms with Gasteiger partial charge in [0.2, 0.25) is 15.0 Å². The van der Waals surface area contributed by atoms with Crippen molar-refractivity contribution < 1.29 is 18.6 Å². The number of aliphatic hydroxyl groups is 2. The van der Waals surface area contributed by atoms with Gasteiger partial charge < -0.3 is 14.8 Å². The lowest BCUT2D eigenvalue weighted by molar-refractivity contribution is 0.0641. The fraction of sp³-hybridized carbons (Fsp3) is 0.526. The second-order valence-electron chi connectivity index (χ2n) is 7.31. The molecule has 0 aliphatic carbocycles. The Morgan fingerprint density at radius 1 is 1.22 bits per heavy atom. The van der Waals surface area contributed by atoms with Crippen LogP contribution in [0.4, 0.5) is 0 Å².